The Kier molecular flexibility index (Phi) is 5.32. The summed E-state index contributed by atoms with van der Waals surface area (Å²) < 4.78 is 0.469. The van der Waals surface area contributed by atoms with E-state index in [4.69, 9.17) is 11.6 Å². The Labute approximate surface area is 200 Å². The van der Waals surface area contributed by atoms with Gasteiger partial charge in [-0.15, -0.1) is 0 Å². The van der Waals surface area contributed by atoms with Crippen molar-refractivity contribution in [2.45, 2.75) is 55.6 Å². The Hall–Kier alpha value is -1.48. The van der Waals surface area contributed by atoms with Crippen LogP contribution in [0.2, 0.25) is 5.02 Å². The minimum atomic E-state index is -0.275. The van der Waals surface area contributed by atoms with Gasteiger partial charge in [0.25, 0.3) is 0 Å². The van der Waals surface area contributed by atoms with Crippen molar-refractivity contribution >= 4 is 28.1 Å². The maximum atomic E-state index is 6.27. The molecule has 168 valence electrons. The van der Waals surface area contributed by atoms with Crippen LogP contribution in [0, 0.1) is 11.8 Å². The van der Waals surface area contributed by atoms with Crippen LogP contribution in [0.15, 0.2) is 71.0 Å². The largest absolute Gasteiger partial charge is 0.312 e. The molecular formula is C29H34ClNS. The van der Waals surface area contributed by atoms with Gasteiger partial charge in [0, 0.05) is 16.3 Å². The highest BCUT2D eigenvalue weighted by Crippen LogP contribution is 2.72. The summed E-state index contributed by atoms with van der Waals surface area (Å²) in [7, 11) is -0.275. The van der Waals surface area contributed by atoms with Crippen LogP contribution >= 0.6 is 22.5 Å². The monoisotopic (exact) mass is 463 g/mol. The van der Waals surface area contributed by atoms with Crippen molar-refractivity contribution < 1.29 is 0 Å². The maximum absolute atomic E-state index is 6.27. The number of thiol groups is 1. The van der Waals surface area contributed by atoms with Crippen molar-refractivity contribution in [1.29, 1.82) is 0 Å². The Bertz CT molecular complexity index is 1040. The predicted molar refractivity (Wildman–Crippen MR) is 141 cm³/mol. The lowest BCUT2D eigenvalue weighted by atomic mass is 9.47. The van der Waals surface area contributed by atoms with E-state index in [0.29, 0.717) is 10.2 Å². The zero-order chi connectivity index (χ0) is 21.8. The molecule has 3 atom stereocenters. The van der Waals surface area contributed by atoms with Crippen LogP contribution in [0.3, 0.4) is 0 Å². The highest BCUT2D eigenvalue weighted by molar-refractivity contribution is 8.24. The van der Waals surface area contributed by atoms with E-state index in [-0.39, 0.29) is 10.9 Å². The highest BCUT2D eigenvalue weighted by atomic mass is 35.5. The summed E-state index contributed by atoms with van der Waals surface area (Å²) in [5.74, 6) is 1.79. The zero-order valence-electron chi connectivity index (χ0n) is 19.0. The average Bonchev–Trinajstić information content (AvgIpc) is 3.23. The minimum Gasteiger partial charge on any atom is -0.312 e. The minimum absolute atomic E-state index is 0.275. The predicted octanol–water partition coefficient (Wildman–Crippen LogP) is 7.48. The van der Waals surface area contributed by atoms with Crippen LogP contribution in [0.25, 0.3) is 5.57 Å². The number of allylic oxidation sites excluding steroid dienone is 2. The van der Waals surface area contributed by atoms with E-state index < -0.39 is 0 Å². The summed E-state index contributed by atoms with van der Waals surface area (Å²) in [4.78, 5) is 1.67. The molecule has 2 aromatic rings. The molecule has 1 N–H and O–H groups in total. The van der Waals surface area contributed by atoms with Gasteiger partial charge in [0.05, 0.1) is 0 Å². The van der Waals surface area contributed by atoms with E-state index >= 15 is 0 Å². The topological polar surface area (TPSA) is 12.0 Å². The van der Waals surface area contributed by atoms with E-state index in [1.807, 2.05) is 0 Å². The number of nitrogens with one attached hydrogen (secondary N) is 1. The van der Waals surface area contributed by atoms with Gasteiger partial charge in [0.1, 0.15) is 0 Å². The van der Waals surface area contributed by atoms with Crippen LogP contribution in [0.5, 0.6) is 0 Å². The third kappa shape index (κ3) is 3.50. The molecule has 0 radical (unpaired) electrons. The molecule has 2 aromatic carbocycles. The molecule has 0 saturated heterocycles. The van der Waals surface area contributed by atoms with Crippen LogP contribution in [-0.2, 0) is 5.41 Å². The third-order valence-electron chi connectivity index (χ3n) is 8.56. The summed E-state index contributed by atoms with van der Waals surface area (Å²) in [6.07, 6.45) is 11.0. The number of likely N-dealkylation sites (N-methyl/N-ethyl adjacent to an activating group) is 1. The number of rotatable bonds is 6. The van der Waals surface area contributed by atoms with Crippen molar-refractivity contribution in [3.8, 4) is 0 Å². The van der Waals surface area contributed by atoms with Gasteiger partial charge >= 0.3 is 0 Å². The fraction of sp³-hybridized carbons (Fsp3) is 0.448. The molecule has 3 unspecified atom stereocenters. The molecule has 4 fully saturated rings. The van der Waals surface area contributed by atoms with Crippen LogP contribution < -0.4 is 5.32 Å². The van der Waals surface area contributed by atoms with Gasteiger partial charge in [0.15, 0.2) is 0 Å². The number of hydrogen-bond donors (Lipinski definition) is 2. The van der Waals surface area contributed by atoms with Gasteiger partial charge in [-0.3, -0.25) is 0 Å². The molecule has 1 nitrogen and oxygen atoms in total. The molecule has 1 aliphatic heterocycles. The second kappa shape index (κ2) is 8.08. The van der Waals surface area contributed by atoms with E-state index in [0.717, 1.165) is 29.9 Å². The molecule has 0 amide bonds. The van der Waals surface area contributed by atoms with Crippen LogP contribution in [0.4, 0.5) is 0 Å². The molecule has 4 saturated carbocycles. The Morgan fingerprint density at radius 3 is 2.38 bits per heavy atom. The molecule has 0 aromatic heterocycles. The van der Waals surface area contributed by atoms with E-state index in [2.05, 4.69) is 78.3 Å². The molecule has 32 heavy (non-hydrogen) atoms. The van der Waals surface area contributed by atoms with Crippen LogP contribution in [0.1, 0.15) is 56.6 Å². The summed E-state index contributed by atoms with van der Waals surface area (Å²) in [5.41, 5.74) is 4.76. The lowest BCUT2D eigenvalue weighted by Crippen LogP contribution is -2.57. The van der Waals surface area contributed by atoms with Crippen molar-refractivity contribution in [3.63, 3.8) is 0 Å². The smallest absolute Gasteiger partial charge is 0.0406 e. The fourth-order valence-electron chi connectivity index (χ4n) is 7.76. The quantitative estimate of drug-likeness (QED) is 0.423. The molecule has 4 bridgehead atoms. The summed E-state index contributed by atoms with van der Waals surface area (Å²) in [6.45, 7) is 4.30. The van der Waals surface area contributed by atoms with Crippen molar-refractivity contribution in [1.82, 2.24) is 5.32 Å². The molecule has 3 heteroatoms. The maximum Gasteiger partial charge on any atom is 0.0406 e. The Morgan fingerprint density at radius 2 is 1.69 bits per heavy atom. The second-order valence-electron chi connectivity index (χ2n) is 10.7. The van der Waals surface area contributed by atoms with Gasteiger partial charge in [-0.2, -0.15) is 0 Å². The summed E-state index contributed by atoms with van der Waals surface area (Å²) in [5, 5.41) is 7.24. The van der Waals surface area contributed by atoms with Gasteiger partial charge < -0.3 is 5.32 Å². The lowest BCUT2D eigenvalue weighted by molar-refractivity contribution is 0.0118. The molecule has 7 rings (SSSR count). The van der Waals surface area contributed by atoms with Gasteiger partial charge in [-0.1, -0.05) is 61.0 Å². The molecule has 1 heterocycles. The number of halogens is 1. The van der Waals surface area contributed by atoms with Crippen molar-refractivity contribution in [2.24, 2.45) is 11.8 Å². The normalized spacial score (nSPS) is 36.2. The van der Waals surface area contributed by atoms with E-state index in [1.54, 1.807) is 10.5 Å². The standard InChI is InChI=1S/C29H34ClNS/c1-2-31-18-27-13-24(23-6-4-3-5-7-23)19-32(27)29-16-21-12-22(17-29)15-28(14-21,20-29)25-8-10-26(30)11-9-25/h3-11,13,19,21-22,31-32H,2,12,14-18,20H2,1H3. The van der Waals surface area contributed by atoms with Crippen molar-refractivity contribution in [2.75, 3.05) is 13.1 Å². The third-order valence-corrected chi connectivity index (χ3v) is 11.8. The first-order valence-corrected chi connectivity index (χ1v) is 14.1. The van der Waals surface area contributed by atoms with E-state index in [1.165, 1.54) is 49.7 Å². The molecular weight excluding hydrogens is 430 g/mol. The molecule has 4 aliphatic carbocycles. The number of benzene rings is 2. The first kappa shape index (κ1) is 21.1. The first-order chi connectivity index (χ1) is 15.6. The van der Waals surface area contributed by atoms with Crippen molar-refractivity contribution in [3.05, 3.63) is 87.1 Å². The Morgan fingerprint density at radius 1 is 0.969 bits per heavy atom. The summed E-state index contributed by atoms with van der Waals surface area (Å²) >= 11 is 6.27. The van der Waals surface area contributed by atoms with Gasteiger partial charge in [-0.05, 0) is 108 Å². The lowest BCUT2D eigenvalue weighted by Gasteiger charge is -2.65. The van der Waals surface area contributed by atoms with E-state index in [9.17, 15) is 0 Å². The highest BCUT2D eigenvalue weighted by Gasteiger charge is 2.60. The molecule has 5 aliphatic rings. The molecule has 0 spiro atoms. The zero-order valence-corrected chi connectivity index (χ0v) is 20.6. The fourth-order valence-corrected chi connectivity index (χ4v) is 11.4. The first-order valence-electron chi connectivity index (χ1n) is 12.3. The number of hydrogen-bond acceptors (Lipinski definition) is 1. The second-order valence-corrected chi connectivity index (χ2v) is 13.7. The van der Waals surface area contributed by atoms with Gasteiger partial charge in [-0.25, -0.2) is 10.9 Å². The average molecular weight is 464 g/mol. The van der Waals surface area contributed by atoms with Gasteiger partial charge in [0.2, 0.25) is 0 Å². The summed E-state index contributed by atoms with van der Waals surface area (Å²) in [6, 6.07) is 19.9. The van der Waals surface area contributed by atoms with Crippen LogP contribution in [-0.4, -0.2) is 17.8 Å². The Balaban J connectivity index is 1.40. The SMILES string of the molecule is CCNCC1=CC(c2ccccc2)=C[SH]1C12CC3CC(CC(c4ccc(Cl)cc4)(C3)C1)C2.